The Morgan fingerprint density at radius 2 is 2.26 bits per heavy atom. The highest BCUT2D eigenvalue weighted by Crippen LogP contribution is 2.36. The zero-order chi connectivity index (χ0) is 13.5. The molecule has 2 N–H and O–H groups in total. The highest BCUT2D eigenvalue weighted by atomic mass is 79.9. The highest BCUT2D eigenvalue weighted by molar-refractivity contribution is 9.10. The van der Waals surface area contributed by atoms with E-state index in [1.54, 1.807) is 0 Å². The molecule has 2 heterocycles. The number of halogens is 1. The van der Waals surface area contributed by atoms with Gasteiger partial charge in [0.25, 0.3) is 5.89 Å². The van der Waals surface area contributed by atoms with Crippen molar-refractivity contribution in [1.82, 2.24) is 10.1 Å². The van der Waals surface area contributed by atoms with E-state index in [0.29, 0.717) is 17.4 Å². The molecule has 0 amide bonds. The summed E-state index contributed by atoms with van der Waals surface area (Å²) in [6, 6.07) is 5.61. The number of ether oxygens (including phenoxy) is 1. The Hall–Kier alpha value is -1.40. The Morgan fingerprint density at radius 1 is 1.42 bits per heavy atom. The average molecular weight is 324 g/mol. The fourth-order valence-electron chi connectivity index (χ4n) is 2.23. The number of rotatable bonds is 2. The molecule has 1 aliphatic heterocycles. The van der Waals surface area contributed by atoms with Crippen LogP contribution in [0, 0.1) is 0 Å². The third kappa shape index (κ3) is 2.15. The van der Waals surface area contributed by atoms with Crippen molar-refractivity contribution in [1.29, 1.82) is 0 Å². The summed E-state index contributed by atoms with van der Waals surface area (Å²) in [6.45, 7) is 2.72. The molecule has 1 aromatic heterocycles. The van der Waals surface area contributed by atoms with E-state index in [0.717, 1.165) is 29.5 Å². The third-order valence-electron chi connectivity index (χ3n) is 3.40. The first-order valence-corrected chi connectivity index (χ1v) is 6.92. The molecule has 100 valence electrons. The van der Waals surface area contributed by atoms with Gasteiger partial charge in [0.2, 0.25) is 5.82 Å². The molecule has 0 spiro atoms. The molecule has 0 bridgehead atoms. The first kappa shape index (κ1) is 12.6. The third-order valence-corrected chi connectivity index (χ3v) is 4.09. The molecular weight excluding hydrogens is 310 g/mol. The number of benzene rings is 1. The lowest BCUT2D eigenvalue weighted by Crippen LogP contribution is -2.21. The van der Waals surface area contributed by atoms with Gasteiger partial charge in [0.15, 0.2) is 0 Å². The SMILES string of the molecule is CC1(c2noc(-c3cccc(Br)c3N)n2)CCCO1. The quantitative estimate of drug-likeness (QED) is 0.859. The Kier molecular flexibility index (Phi) is 3.06. The zero-order valence-electron chi connectivity index (χ0n) is 10.5. The molecule has 1 aromatic carbocycles. The molecule has 1 fully saturated rings. The lowest BCUT2D eigenvalue weighted by Gasteiger charge is -2.17. The molecule has 0 radical (unpaired) electrons. The van der Waals surface area contributed by atoms with Gasteiger partial charge in [0.1, 0.15) is 5.60 Å². The van der Waals surface area contributed by atoms with Crippen molar-refractivity contribution >= 4 is 21.6 Å². The number of aromatic nitrogens is 2. The first-order valence-electron chi connectivity index (χ1n) is 6.13. The molecule has 19 heavy (non-hydrogen) atoms. The molecular formula is C13H14BrN3O2. The maximum Gasteiger partial charge on any atom is 0.260 e. The molecule has 1 saturated heterocycles. The van der Waals surface area contributed by atoms with Crippen LogP contribution in [0.5, 0.6) is 0 Å². The van der Waals surface area contributed by atoms with Gasteiger partial charge in [-0.3, -0.25) is 0 Å². The first-order chi connectivity index (χ1) is 9.10. The van der Waals surface area contributed by atoms with Crippen LogP contribution in [0.2, 0.25) is 0 Å². The monoisotopic (exact) mass is 323 g/mol. The van der Waals surface area contributed by atoms with Crippen molar-refractivity contribution < 1.29 is 9.26 Å². The number of hydrogen-bond donors (Lipinski definition) is 1. The van der Waals surface area contributed by atoms with E-state index in [2.05, 4.69) is 26.1 Å². The Balaban J connectivity index is 1.99. The number of hydrogen-bond acceptors (Lipinski definition) is 5. The van der Waals surface area contributed by atoms with E-state index in [-0.39, 0.29) is 0 Å². The number of anilines is 1. The van der Waals surface area contributed by atoms with E-state index in [1.807, 2.05) is 25.1 Å². The molecule has 2 aromatic rings. The van der Waals surface area contributed by atoms with E-state index >= 15 is 0 Å². The molecule has 3 rings (SSSR count). The molecule has 5 nitrogen and oxygen atoms in total. The second kappa shape index (κ2) is 4.61. The predicted molar refractivity (Wildman–Crippen MR) is 74.4 cm³/mol. The van der Waals surface area contributed by atoms with Gasteiger partial charge < -0.3 is 15.0 Å². The van der Waals surface area contributed by atoms with E-state index in [4.69, 9.17) is 15.0 Å². The minimum absolute atomic E-state index is 0.422. The van der Waals surface area contributed by atoms with E-state index in [1.165, 1.54) is 0 Å². The van der Waals surface area contributed by atoms with Crippen LogP contribution in [0.3, 0.4) is 0 Å². The Morgan fingerprint density at radius 3 is 3.00 bits per heavy atom. The summed E-state index contributed by atoms with van der Waals surface area (Å²) in [5, 5.41) is 4.04. The lowest BCUT2D eigenvalue weighted by atomic mass is 10.0. The van der Waals surface area contributed by atoms with Crippen molar-refractivity contribution in [2.75, 3.05) is 12.3 Å². The summed E-state index contributed by atoms with van der Waals surface area (Å²) >= 11 is 3.39. The Labute approximate surface area is 119 Å². The normalized spacial score (nSPS) is 22.8. The van der Waals surface area contributed by atoms with Gasteiger partial charge in [-0.2, -0.15) is 4.98 Å². The largest absolute Gasteiger partial charge is 0.397 e. The molecule has 1 aliphatic rings. The number of nitrogen functional groups attached to an aromatic ring is 1. The molecule has 6 heteroatoms. The molecule has 1 unspecified atom stereocenters. The average Bonchev–Trinajstić information content (AvgIpc) is 3.02. The summed E-state index contributed by atoms with van der Waals surface area (Å²) in [5.41, 5.74) is 6.89. The van der Waals surface area contributed by atoms with Crippen molar-refractivity contribution in [3.05, 3.63) is 28.5 Å². The van der Waals surface area contributed by atoms with Crippen LogP contribution in [-0.2, 0) is 10.3 Å². The lowest BCUT2D eigenvalue weighted by molar-refractivity contribution is 0.00768. The summed E-state index contributed by atoms with van der Waals surface area (Å²) in [5.74, 6) is 1.00. The van der Waals surface area contributed by atoms with Crippen molar-refractivity contribution in [2.45, 2.75) is 25.4 Å². The topological polar surface area (TPSA) is 74.2 Å². The van der Waals surface area contributed by atoms with Crippen LogP contribution in [-0.4, -0.2) is 16.7 Å². The van der Waals surface area contributed by atoms with Crippen LogP contribution in [0.4, 0.5) is 5.69 Å². The van der Waals surface area contributed by atoms with E-state index in [9.17, 15) is 0 Å². The second-order valence-corrected chi connectivity index (χ2v) is 5.66. The summed E-state index contributed by atoms with van der Waals surface area (Å²) < 4.78 is 11.8. The highest BCUT2D eigenvalue weighted by Gasteiger charge is 2.36. The Bertz CT molecular complexity index is 606. The van der Waals surface area contributed by atoms with Crippen LogP contribution in [0.1, 0.15) is 25.6 Å². The predicted octanol–water partition coefficient (Wildman–Crippen LogP) is 3.11. The fourth-order valence-corrected chi connectivity index (χ4v) is 2.59. The van der Waals surface area contributed by atoms with Gasteiger partial charge in [0.05, 0.1) is 11.3 Å². The van der Waals surface area contributed by atoms with Gasteiger partial charge in [-0.25, -0.2) is 0 Å². The van der Waals surface area contributed by atoms with Gasteiger partial charge in [0, 0.05) is 11.1 Å². The number of para-hydroxylation sites is 1. The van der Waals surface area contributed by atoms with Crippen LogP contribution >= 0.6 is 15.9 Å². The smallest absolute Gasteiger partial charge is 0.260 e. The van der Waals surface area contributed by atoms with Crippen LogP contribution in [0.25, 0.3) is 11.5 Å². The van der Waals surface area contributed by atoms with Gasteiger partial charge in [-0.1, -0.05) is 11.2 Å². The van der Waals surface area contributed by atoms with Gasteiger partial charge >= 0.3 is 0 Å². The van der Waals surface area contributed by atoms with Crippen molar-refractivity contribution in [3.8, 4) is 11.5 Å². The summed E-state index contributed by atoms with van der Waals surface area (Å²) in [7, 11) is 0. The maximum atomic E-state index is 6.00. The molecule has 0 aliphatic carbocycles. The van der Waals surface area contributed by atoms with Gasteiger partial charge in [-0.05, 0) is 47.8 Å². The number of nitrogens with two attached hydrogens (primary N) is 1. The second-order valence-electron chi connectivity index (χ2n) is 4.81. The fraction of sp³-hybridized carbons (Fsp3) is 0.385. The summed E-state index contributed by atoms with van der Waals surface area (Å²) in [6.07, 6.45) is 1.92. The van der Waals surface area contributed by atoms with Crippen molar-refractivity contribution in [3.63, 3.8) is 0 Å². The van der Waals surface area contributed by atoms with Crippen LogP contribution < -0.4 is 5.73 Å². The molecule has 1 atom stereocenters. The minimum Gasteiger partial charge on any atom is -0.397 e. The maximum absolute atomic E-state index is 6.00. The number of nitrogens with zero attached hydrogens (tertiary/aromatic N) is 2. The van der Waals surface area contributed by atoms with Crippen molar-refractivity contribution in [2.24, 2.45) is 0 Å². The summed E-state index contributed by atoms with van der Waals surface area (Å²) in [4.78, 5) is 4.43. The standard InChI is InChI=1S/C13H14BrN3O2/c1-13(6-3-7-18-13)12-16-11(19-17-12)8-4-2-5-9(14)10(8)15/h2,4-5H,3,6-7,15H2,1H3. The zero-order valence-corrected chi connectivity index (χ0v) is 12.1. The minimum atomic E-state index is -0.442. The van der Waals surface area contributed by atoms with Gasteiger partial charge in [-0.15, -0.1) is 0 Å². The molecule has 0 saturated carbocycles. The van der Waals surface area contributed by atoms with E-state index < -0.39 is 5.60 Å². The van der Waals surface area contributed by atoms with Crippen LogP contribution in [0.15, 0.2) is 27.2 Å².